The molecule has 9 aromatic rings. The molecule has 0 aromatic heterocycles. The third-order valence-corrected chi connectivity index (χ3v) is 12.8. The number of rotatable bonds is 7. The van der Waals surface area contributed by atoms with Gasteiger partial charge in [-0.05, 0) is 126 Å². The first-order valence-corrected chi connectivity index (χ1v) is 20.7. The maximum Gasteiger partial charge on any atom is 0.0465 e. The van der Waals surface area contributed by atoms with E-state index in [0.29, 0.717) is 0 Å². The highest BCUT2D eigenvalue weighted by molar-refractivity contribution is 6.21. The van der Waals surface area contributed by atoms with Crippen molar-refractivity contribution in [1.29, 1.82) is 0 Å². The standard InChI is InChI=1S/C57H43N/c1-4-16-42(17-5-1)55-51-24-12-10-22-47(51)48-23-11-13-25-52(48)56(55)43-31-28-40(29-32-43)26-27-41-30-34-49-50-35-33-46(39-54(50)57(53(49)38-41)36-14-15-37-57)58(44-18-6-2-7-19-44)45-20-8-3-9-21-45/h1-13,16-35,38-39H,14-15,36-37H2/b27-26+. The predicted octanol–water partition coefficient (Wildman–Crippen LogP) is 15.8. The Hall–Kier alpha value is -6.96. The normalized spacial score (nSPS) is 14.0. The van der Waals surface area contributed by atoms with E-state index in [2.05, 4.69) is 217 Å². The van der Waals surface area contributed by atoms with Crippen molar-refractivity contribution in [3.8, 4) is 33.4 Å². The Morgan fingerprint density at radius 2 is 0.810 bits per heavy atom. The lowest BCUT2D eigenvalue weighted by atomic mass is 9.76. The van der Waals surface area contributed by atoms with Gasteiger partial charge in [0.05, 0.1) is 0 Å². The fraction of sp³-hybridized carbons (Fsp3) is 0.0877. The Kier molecular flexibility index (Phi) is 8.40. The molecule has 1 heteroatoms. The zero-order chi connectivity index (χ0) is 38.5. The number of para-hydroxylation sites is 2. The maximum absolute atomic E-state index is 2.50. The van der Waals surface area contributed by atoms with Crippen molar-refractivity contribution in [2.24, 2.45) is 0 Å². The molecule has 0 heterocycles. The second kappa shape index (κ2) is 14.2. The topological polar surface area (TPSA) is 3.24 Å². The Morgan fingerprint density at radius 1 is 0.362 bits per heavy atom. The number of benzene rings is 9. The van der Waals surface area contributed by atoms with Crippen LogP contribution < -0.4 is 4.90 Å². The smallest absolute Gasteiger partial charge is 0.0465 e. The Morgan fingerprint density at radius 3 is 1.40 bits per heavy atom. The van der Waals surface area contributed by atoms with Crippen molar-refractivity contribution >= 4 is 50.8 Å². The summed E-state index contributed by atoms with van der Waals surface area (Å²) in [6.07, 6.45) is 9.48. The Bertz CT molecular complexity index is 2930. The fourth-order valence-corrected chi connectivity index (χ4v) is 10.2. The van der Waals surface area contributed by atoms with Gasteiger partial charge in [-0.1, -0.05) is 189 Å². The van der Waals surface area contributed by atoms with Crippen molar-refractivity contribution < 1.29 is 0 Å². The molecule has 58 heavy (non-hydrogen) atoms. The molecule has 276 valence electrons. The third kappa shape index (κ3) is 5.69. The summed E-state index contributed by atoms with van der Waals surface area (Å²) in [5.74, 6) is 0. The molecule has 1 spiro atoms. The van der Waals surface area contributed by atoms with Gasteiger partial charge in [-0.2, -0.15) is 0 Å². The molecule has 11 rings (SSSR count). The molecule has 2 aliphatic rings. The molecule has 1 fully saturated rings. The van der Waals surface area contributed by atoms with Crippen molar-refractivity contribution in [2.45, 2.75) is 31.1 Å². The molecule has 0 bridgehead atoms. The van der Waals surface area contributed by atoms with E-state index in [1.165, 1.54) is 120 Å². The van der Waals surface area contributed by atoms with Crippen molar-refractivity contribution in [2.75, 3.05) is 4.90 Å². The minimum absolute atomic E-state index is 0.0459. The molecule has 0 amide bonds. The van der Waals surface area contributed by atoms with Crippen LogP contribution in [0.1, 0.15) is 47.9 Å². The van der Waals surface area contributed by atoms with Crippen LogP contribution >= 0.6 is 0 Å². The highest BCUT2D eigenvalue weighted by Crippen LogP contribution is 2.58. The highest BCUT2D eigenvalue weighted by Gasteiger charge is 2.45. The van der Waals surface area contributed by atoms with Crippen LogP contribution in [0, 0.1) is 0 Å². The summed E-state index contributed by atoms with van der Waals surface area (Å²) in [5, 5.41) is 5.14. The van der Waals surface area contributed by atoms with E-state index >= 15 is 0 Å². The number of hydrogen-bond donors (Lipinski definition) is 0. The maximum atomic E-state index is 2.50. The molecule has 1 nitrogen and oxygen atoms in total. The first-order valence-electron chi connectivity index (χ1n) is 20.7. The minimum Gasteiger partial charge on any atom is -0.310 e. The fourth-order valence-electron chi connectivity index (χ4n) is 10.2. The first kappa shape index (κ1) is 34.3. The largest absolute Gasteiger partial charge is 0.310 e. The number of fused-ring (bicyclic) bond motifs is 8. The lowest BCUT2D eigenvalue weighted by molar-refractivity contribution is 0.550. The van der Waals surface area contributed by atoms with Crippen molar-refractivity contribution in [1.82, 2.24) is 0 Å². The summed E-state index contributed by atoms with van der Waals surface area (Å²) < 4.78 is 0. The molecule has 0 aliphatic heterocycles. The van der Waals surface area contributed by atoms with Gasteiger partial charge in [-0.25, -0.2) is 0 Å². The second-order valence-corrected chi connectivity index (χ2v) is 16.0. The lowest BCUT2D eigenvalue weighted by Crippen LogP contribution is -2.21. The van der Waals surface area contributed by atoms with Gasteiger partial charge < -0.3 is 4.90 Å². The van der Waals surface area contributed by atoms with E-state index in [0.717, 1.165) is 0 Å². The molecule has 0 unspecified atom stereocenters. The summed E-state index contributed by atoms with van der Waals surface area (Å²) in [5.41, 5.74) is 16.9. The lowest BCUT2D eigenvalue weighted by Gasteiger charge is -2.30. The van der Waals surface area contributed by atoms with Gasteiger partial charge in [0.1, 0.15) is 0 Å². The molecule has 2 aliphatic carbocycles. The minimum atomic E-state index is 0.0459. The monoisotopic (exact) mass is 741 g/mol. The molecule has 0 N–H and O–H groups in total. The molecular weight excluding hydrogens is 699 g/mol. The SMILES string of the molecule is C(=C\c1ccc2c(c1)C1(CCCC1)c1cc(N(c3ccccc3)c3ccccc3)ccc1-2)/c1ccc(-c2c(-c3ccccc3)c3ccccc3c3ccccc23)cc1. The van der Waals surface area contributed by atoms with Gasteiger partial charge in [0.2, 0.25) is 0 Å². The number of hydrogen-bond acceptors (Lipinski definition) is 1. The highest BCUT2D eigenvalue weighted by atomic mass is 15.1. The summed E-state index contributed by atoms with van der Waals surface area (Å²) in [7, 11) is 0. The van der Waals surface area contributed by atoms with E-state index in [4.69, 9.17) is 0 Å². The third-order valence-electron chi connectivity index (χ3n) is 12.8. The van der Waals surface area contributed by atoms with Crippen LogP contribution in [0.3, 0.4) is 0 Å². The van der Waals surface area contributed by atoms with E-state index in [9.17, 15) is 0 Å². The van der Waals surface area contributed by atoms with E-state index in [1.54, 1.807) is 0 Å². The van der Waals surface area contributed by atoms with E-state index in [1.807, 2.05) is 0 Å². The molecule has 9 aromatic carbocycles. The van der Waals surface area contributed by atoms with Crippen LogP contribution in [0.15, 0.2) is 200 Å². The van der Waals surface area contributed by atoms with Gasteiger partial charge in [-0.15, -0.1) is 0 Å². The van der Waals surface area contributed by atoms with Crippen LogP contribution in [0.2, 0.25) is 0 Å². The zero-order valence-corrected chi connectivity index (χ0v) is 32.5. The first-order chi connectivity index (χ1) is 28.7. The summed E-state index contributed by atoms with van der Waals surface area (Å²) >= 11 is 0. The van der Waals surface area contributed by atoms with Gasteiger partial charge >= 0.3 is 0 Å². The second-order valence-electron chi connectivity index (χ2n) is 16.0. The predicted molar refractivity (Wildman–Crippen MR) is 247 cm³/mol. The molecular formula is C57H43N. The average molecular weight is 742 g/mol. The molecule has 0 atom stereocenters. The summed E-state index contributed by atoms with van der Waals surface area (Å²) in [4.78, 5) is 2.40. The summed E-state index contributed by atoms with van der Waals surface area (Å²) in [6.45, 7) is 0. The number of nitrogens with zero attached hydrogens (tertiary/aromatic N) is 1. The van der Waals surface area contributed by atoms with Crippen molar-refractivity contribution in [3.63, 3.8) is 0 Å². The average Bonchev–Trinajstić information content (AvgIpc) is 3.90. The summed E-state index contributed by atoms with van der Waals surface area (Å²) in [6, 6.07) is 73.7. The molecule has 0 saturated heterocycles. The van der Waals surface area contributed by atoms with Crippen LogP contribution in [0.5, 0.6) is 0 Å². The van der Waals surface area contributed by atoms with Gasteiger partial charge in [0.25, 0.3) is 0 Å². The van der Waals surface area contributed by atoms with Crippen LogP contribution in [0.4, 0.5) is 17.1 Å². The van der Waals surface area contributed by atoms with E-state index in [-0.39, 0.29) is 5.41 Å². The quantitative estimate of drug-likeness (QED) is 0.116. The van der Waals surface area contributed by atoms with Crippen LogP contribution in [0.25, 0.3) is 67.1 Å². The van der Waals surface area contributed by atoms with Crippen LogP contribution in [-0.4, -0.2) is 0 Å². The molecule has 1 saturated carbocycles. The van der Waals surface area contributed by atoms with Gasteiger partial charge in [0.15, 0.2) is 0 Å². The van der Waals surface area contributed by atoms with Gasteiger partial charge in [-0.3, -0.25) is 0 Å². The Balaban J connectivity index is 0.946. The number of anilines is 3. The Labute approximate surface area is 341 Å². The van der Waals surface area contributed by atoms with Crippen LogP contribution in [-0.2, 0) is 5.41 Å². The zero-order valence-electron chi connectivity index (χ0n) is 32.5. The van der Waals surface area contributed by atoms with Gasteiger partial charge in [0, 0.05) is 22.5 Å². The van der Waals surface area contributed by atoms with E-state index < -0.39 is 0 Å². The molecule has 0 radical (unpaired) electrons. The van der Waals surface area contributed by atoms with Crippen molar-refractivity contribution in [3.05, 3.63) is 222 Å².